The van der Waals surface area contributed by atoms with Crippen LogP contribution in [0, 0.1) is 17.2 Å². The van der Waals surface area contributed by atoms with Crippen LogP contribution in [0.15, 0.2) is 17.6 Å². The van der Waals surface area contributed by atoms with Crippen molar-refractivity contribution in [2.45, 2.75) is 62.9 Å². The monoisotopic (exact) mass is 488 g/mol. The summed E-state index contributed by atoms with van der Waals surface area (Å²) in [6, 6.07) is 1.76. The molecule has 2 heterocycles. The van der Waals surface area contributed by atoms with Gasteiger partial charge >= 0.3 is 6.09 Å². The molecule has 0 aromatic heterocycles. The van der Waals surface area contributed by atoms with Crippen molar-refractivity contribution in [1.82, 2.24) is 20.4 Å². The molecule has 3 rings (SSSR count). The molecule has 3 fully saturated rings. The van der Waals surface area contributed by atoms with Crippen molar-refractivity contribution < 1.29 is 19.1 Å². The van der Waals surface area contributed by atoms with Gasteiger partial charge in [-0.25, -0.2) is 4.79 Å². The summed E-state index contributed by atoms with van der Waals surface area (Å²) >= 11 is 0. The molecule has 0 radical (unpaired) electrons. The number of carbonyl (C=O) groups is 2. The van der Waals surface area contributed by atoms with Crippen LogP contribution in [0.5, 0.6) is 0 Å². The number of ether oxygens (including phenoxy) is 2. The number of rotatable bonds is 7. The Morgan fingerprint density at radius 3 is 2.54 bits per heavy atom. The van der Waals surface area contributed by atoms with Gasteiger partial charge in [-0.05, 0) is 32.2 Å². The Bertz CT molecular complexity index is 790. The van der Waals surface area contributed by atoms with Crippen LogP contribution in [0.2, 0.25) is 0 Å². The number of morpholine rings is 1. The molecule has 0 aromatic rings. The molecule has 10 nitrogen and oxygen atoms in total. The molecule has 194 valence electrons. The lowest BCUT2D eigenvalue weighted by atomic mass is 9.84. The normalized spacial score (nSPS) is 22.5. The van der Waals surface area contributed by atoms with E-state index in [0.717, 1.165) is 38.8 Å². The first-order valence-corrected chi connectivity index (χ1v) is 12.8. The highest BCUT2D eigenvalue weighted by molar-refractivity contribution is 5.94. The van der Waals surface area contributed by atoms with E-state index in [1.54, 1.807) is 0 Å². The van der Waals surface area contributed by atoms with E-state index in [4.69, 9.17) is 9.47 Å². The first-order chi connectivity index (χ1) is 16.9. The number of hydrogen-bond donors (Lipinski definition) is 2. The SMILES string of the molecule is C=CCOC(=O)/N=C(\NC(CC1CCCCC1)C(=O)NC1(C#N)CCN(C)CC1)N1CCOCC1. The molecule has 2 amide bonds. The minimum atomic E-state index is -0.880. The highest BCUT2D eigenvalue weighted by Crippen LogP contribution is 2.28. The Balaban J connectivity index is 1.80. The molecule has 0 aromatic carbocycles. The van der Waals surface area contributed by atoms with Gasteiger partial charge in [-0.3, -0.25) is 4.79 Å². The average molecular weight is 489 g/mol. The third-order valence-corrected chi connectivity index (χ3v) is 7.16. The Labute approximate surface area is 208 Å². The highest BCUT2D eigenvalue weighted by Gasteiger charge is 2.38. The van der Waals surface area contributed by atoms with Crippen LogP contribution in [-0.2, 0) is 14.3 Å². The van der Waals surface area contributed by atoms with Gasteiger partial charge < -0.3 is 29.9 Å². The van der Waals surface area contributed by atoms with Gasteiger partial charge in [0.1, 0.15) is 18.2 Å². The van der Waals surface area contributed by atoms with E-state index < -0.39 is 17.7 Å². The average Bonchev–Trinajstić information content (AvgIpc) is 2.89. The largest absolute Gasteiger partial charge is 0.444 e. The summed E-state index contributed by atoms with van der Waals surface area (Å²) in [5.41, 5.74) is -0.880. The molecule has 1 unspecified atom stereocenters. The highest BCUT2D eigenvalue weighted by atomic mass is 16.5. The second kappa shape index (κ2) is 13.4. The molecule has 2 aliphatic heterocycles. The topological polar surface area (TPSA) is 119 Å². The summed E-state index contributed by atoms with van der Waals surface area (Å²) in [5.74, 6) is 0.496. The summed E-state index contributed by atoms with van der Waals surface area (Å²) < 4.78 is 10.5. The maximum absolute atomic E-state index is 13.6. The summed E-state index contributed by atoms with van der Waals surface area (Å²) in [5, 5.41) is 16.3. The lowest BCUT2D eigenvalue weighted by Gasteiger charge is -2.38. The number of amides is 2. The first-order valence-electron chi connectivity index (χ1n) is 12.8. The van der Waals surface area contributed by atoms with Crippen molar-refractivity contribution in [2.24, 2.45) is 10.9 Å². The van der Waals surface area contributed by atoms with Crippen LogP contribution < -0.4 is 10.6 Å². The Morgan fingerprint density at radius 2 is 1.91 bits per heavy atom. The van der Waals surface area contributed by atoms with E-state index in [9.17, 15) is 14.9 Å². The number of hydrogen-bond acceptors (Lipinski definition) is 6. The maximum atomic E-state index is 13.6. The van der Waals surface area contributed by atoms with Crippen molar-refractivity contribution in [3.63, 3.8) is 0 Å². The minimum absolute atomic E-state index is 0.0594. The molecule has 10 heteroatoms. The molecule has 2 saturated heterocycles. The fourth-order valence-electron chi connectivity index (χ4n) is 4.95. The van der Waals surface area contributed by atoms with Gasteiger partial charge in [-0.1, -0.05) is 44.8 Å². The van der Waals surface area contributed by atoms with Crippen LogP contribution in [-0.4, -0.2) is 92.4 Å². The maximum Gasteiger partial charge on any atom is 0.437 e. The van der Waals surface area contributed by atoms with Gasteiger partial charge in [0.05, 0.1) is 19.3 Å². The Kier molecular flexibility index (Phi) is 10.4. The quantitative estimate of drug-likeness (QED) is 0.317. The standard InChI is InChI=1S/C25H40N6O4/c1-3-15-35-24(33)28-23(31-13-16-34-17-14-31)27-21(18-20-7-5-4-6-8-20)22(32)29-25(19-26)9-11-30(2)12-10-25/h3,20-21H,1,4-18H2,2H3,(H,29,32)(H,27,28,33). The molecule has 2 N–H and O–H groups in total. The van der Waals surface area contributed by atoms with Crippen LogP contribution in [0.3, 0.4) is 0 Å². The van der Waals surface area contributed by atoms with E-state index in [2.05, 4.69) is 33.2 Å². The summed E-state index contributed by atoms with van der Waals surface area (Å²) in [4.78, 5) is 34.2. The zero-order valence-electron chi connectivity index (χ0n) is 21.0. The van der Waals surface area contributed by atoms with E-state index in [-0.39, 0.29) is 12.5 Å². The van der Waals surface area contributed by atoms with Crippen molar-refractivity contribution in [1.29, 1.82) is 5.26 Å². The van der Waals surface area contributed by atoms with Crippen molar-refractivity contribution >= 4 is 18.0 Å². The van der Waals surface area contributed by atoms with Gasteiger partial charge in [0.2, 0.25) is 11.9 Å². The van der Waals surface area contributed by atoms with Gasteiger partial charge in [0.25, 0.3) is 0 Å². The third-order valence-electron chi connectivity index (χ3n) is 7.16. The summed E-state index contributed by atoms with van der Waals surface area (Å²) in [7, 11) is 2.02. The predicted octanol–water partition coefficient (Wildman–Crippen LogP) is 2.03. The molecule has 1 atom stereocenters. The fourth-order valence-corrected chi connectivity index (χ4v) is 4.95. The second-order valence-electron chi connectivity index (χ2n) is 9.82. The van der Waals surface area contributed by atoms with E-state index >= 15 is 0 Å². The van der Waals surface area contributed by atoms with Crippen LogP contribution in [0.25, 0.3) is 0 Å². The fraction of sp³-hybridized carbons (Fsp3) is 0.760. The molecule has 0 spiro atoms. The Hall–Kier alpha value is -2.64. The van der Waals surface area contributed by atoms with Crippen molar-refractivity contribution in [3.05, 3.63) is 12.7 Å². The van der Waals surface area contributed by atoms with Gasteiger partial charge in [0, 0.05) is 26.2 Å². The van der Waals surface area contributed by atoms with Crippen molar-refractivity contribution in [3.8, 4) is 6.07 Å². The number of nitrogens with one attached hydrogen (secondary N) is 2. The molecule has 0 bridgehead atoms. The number of guanidine groups is 1. The number of aliphatic imine (C=N–C) groups is 1. The molecule has 3 aliphatic rings. The smallest absolute Gasteiger partial charge is 0.437 e. The Morgan fingerprint density at radius 1 is 1.23 bits per heavy atom. The lowest BCUT2D eigenvalue weighted by molar-refractivity contribution is -0.125. The minimum Gasteiger partial charge on any atom is -0.444 e. The van der Waals surface area contributed by atoms with E-state index in [1.165, 1.54) is 12.5 Å². The van der Waals surface area contributed by atoms with Gasteiger partial charge in [0.15, 0.2) is 0 Å². The van der Waals surface area contributed by atoms with Crippen molar-refractivity contribution in [2.75, 3.05) is 53.0 Å². The van der Waals surface area contributed by atoms with E-state index in [0.29, 0.717) is 57.4 Å². The summed E-state index contributed by atoms with van der Waals surface area (Å²) in [6.07, 6.45) is 8.23. The molecule has 1 saturated carbocycles. The lowest BCUT2D eigenvalue weighted by Crippen LogP contribution is -2.60. The number of carbonyl (C=O) groups excluding carboxylic acids is 2. The van der Waals surface area contributed by atoms with Gasteiger partial charge in [-0.2, -0.15) is 5.26 Å². The number of piperidine rings is 1. The van der Waals surface area contributed by atoms with E-state index in [1.807, 2.05) is 11.9 Å². The molecular formula is C25H40N6O4. The number of nitriles is 1. The number of likely N-dealkylation sites (tertiary alicyclic amines) is 1. The van der Waals surface area contributed by atoms with Crippen LogP contribution in [0.1, 0.15) is 51.4 Å². The molecule has 1 aliphatic carbocycles. The zero-order valence-corrected chi connectivity index (χ0v) is 21.0. The van der Waals surface area contributed by atoms with Gasteiger partial charge in [-0.15, -0.1) is 4.99 Å². The third kappa shape index (κ3) is 8.22. The molecule has 35 heavy (non-hydrogen) atoms. The molecular weight excluding hydrogens is 448 g/mol. The number of nitrogens with zero attached hydrogens (tertiary/aromatic N) is 4. The van der Waals surface area contributed by atoms with Crippen LogP contribution >= 0.6 is 0 Å². The first kappa shape index (κ1) is 27.0. The summed E-state index contributed by atoms with van der Waals surface area (Å²) in [6.45, 7) is 7.24. The zero-order chi connectivity index (χ0) is 25.1. The second-order valence-corrected chi connectivity index (χ2v) is 9.82. The predicted molar refractivity (Wildman–Crippen MR) is 133 cm³/mol. The van der Waals surface area contributed by atoms with Crippen LogP contribution in [0.4, 0.5) is 4.79 Å².